The largest absolute Gasteiger partial charge is 0.545 e. The summed E-state index contributed by atoms with van der Waals surface area (Å²) >= 11 is 0. The molecular formula is C83H153NO8. The number of unbranched alkanes of at least 4 members (excludes halogenated alkanes) is 50. The molecule has 0 bridgehead atoms. The third-order valence-electron chi connectivity index (χ3n) is 18.0. The quantitative estimate of drug-likeness (QED) is 0.0195. The summed E-state index contributed by atoms with van der Waals surface area (Å²) in [6.07, 6.45) is 94.9. The van der Waals surface area contributed by atoms with E-state index in [1.165, 1.54) is 295 Å². The number of carboxylic acids is 1. The standard InChI is InChI=1S/C83H153NO8/c1-6-8-10-12-14-16-18-20-22-24-26-28-30-32-34-35-36-37-38-39-40-41-42-43-44-45-46-47-48-50-52-54-56-58-60-62-64-66-68-70-72-74-81(86)92-79(78-91-83(82(87)88)89-76-75-84(3,4)5)77-90-80(85)73-71-69-67-65-63-61-59-57-55-53-51-49-33-31-29-27-25-23-21-19-17-15-13-11-9-7-2/h8,10,14,16,20,22,26,28,32,34,79,83H,6-7,9,11-13,15,17-19,21,23-25,27,29-31,33,35-78H2,1-5H3/b10-8-,16-14-,22-20-,28-26-,34-32-. The number of ether oxygens (including phenoxy) is 4. The summed E-state index contributed by atoms with van der Waals surface area (Å²) in [6, 6.07) is 0. The van der Waals surface area contributed by atoms with Crippen molar-refractivity contribution in [2.24, 2.45) is 0 Å². The van der Waals surface area contributed by atoms with Crippen molar-refractivity contribution in [1.82, 2.24) is 0 Å². The second-order valence-corrected chi connectivity index (χ2v) is 28.3. The molecule has 0 amide bonds. The van der Waals surface area contributed by atoms with Gasteiger partial charge in [-0.2, -0.15) is 0 Å². The Balaban J connectivity index is 3.94. The molecule has 2 unspecified atom stereocenters. The van der Waals surface area contributed by atoms with E-state index in [-0.39, 0.29) is 32.2 Å². The molecule has 0 spiro atoms. The molecule has 0 aliphatic rings. The highest BCUT2D eigenvalue weighted by atomic mass is 16.7. The summed E-state index contributed by atoms with van der Waals surface area (Å²) < 4.78 is 22.9. The van der Waals surface area contributed by atoms with Gasteiger partial charge in [-0.05, 0) is 57.8 Å². The third-order valence-corrected chi connectivity index (χ3v) is 18.0. The molecular weight excluding hydrogens is 1140 g/mol. The van der Waals surface area contributed by atoms with Crippen molar-refractivity contribution < 1.29 is 42.9 Å². The Morgan fingerprint density at radius 2 is 0.620 bits per heavy atom. The van der Waals surface area contributed by atoms with Crippen LogP contribution in [0.1, 0.15) is 393 Å². The predicted octanol–water partition coefficient (Wildman–Crippen LogP) is 24.1. The average Bonchev–Trinajstić information content (AvgIpc) is 3.70. The monoisotopic (exact) mass is 1290 g/mol. The number of carbonyl (C=O) groups is 3. The molecule has 0 aromatic heterocycles. The number of allylic oxidation sites excluding steroid dienone is 10. The van der Waals surface area contributed by atoms with Gasteiger partial charge in [0.05, 0.1) is 40.3 Å². The number of hydrogen-bond acceptors (Lipinski definition) is 8. The third kappa shape index (κ3) is 74.4. The fraction of sp³-hybridized carbons (Fsp3) is 0.843. The maximum Gasteiger partial charge on any atom is 0.306 e. The lowest BCUT2D eigenvalue weighted by Gasteiger charge is -2.26. The maximum atomic E-state index is 13.0. The zero-order valence-electron chi connectivity index (χ0n) is 61.7. The molecule has 0 N–H and O–H groups in total. The smallest absolute Gasteiger partial charge is 0.306 e. The van der Waals surface area contributed by atoms with Crippen molar-refractivity contribution >= 4 is 17.9 Å². The van der Waals surface area contributed by atoms with Gasteiger partial charge in [0.25, 0.3) is 0 Å². The van der Waals surface area contributed by atoms with Crippen molar-refractivity contribution in [3.63, 3.8) is 0 Å². The normalized spacial score (nSPS) is 12.9. The van der Waals surface area contributed by atoms with Crippen LogP contribution in [0.5, 0.6) is 0 Å². The second-order valence-electron chi connectivity index (χ2n) is 28.3. The summed E-state index contributed by atoms with van der Waals surface area (Å²) in [5.41, 5.74) is 0. The first-order valence-electron chi connectivity index (χ1n) is 39.9. The first-order chi connectivity index (χ1) is 45.1. The van der Waals surface area contributed by atoms with E-state index in [1.807, 2.05) is 21.1 Å². The SMILES string of the molecule is CC/C=C\C/C=C\C/C=C\C/C=C\C/C=C\CCCCCCCCCCCCCCCCCCCCCCCCCCCC(=O)OC(COC(=O)CCCCCCCCCCCCCCCCCCCCCCCCCCCC)COC(OCC[N+](C)(C)C)C(=O)[O-]. The lowest BCUT2D eigenvalue weighted by Crippen LogP contribution is -2.44. The topological polar surface area (TPSA) is 111 Å². The number of quaternary nitrogens is 1. The molecule has 0 aliphatic heterocycles. The van der Waals surface area contributed by atoms with Gasteiger partial charge < -0.3 is 33.3 Å². The van der Waals surface area contributed by atoms with E-state index >= 15 is 0 Å². The summed E-state index contributed by atoms with van der Waals surface area (Å²) in [4.78, 5) is 37.6. The number of aliphatic carboxylic acids is 1. The summed E-state index contributed by atoms with van der Waals surface area (Å²) in [7, 11) is 5.95. The Kier molecular flexibility index (Phi) is 71.4. The predicted molar refractivity (Wildman–Crippen MR) is 394 cm³/mol. The van der Waals surface area contributed by atoms with E-state index in [0.29, 0.717) is 17.4 Å². The van der Waals surface area contributed by atoms with E-state index in [4.69, 9.17) is 18.9 Å². The molecule has 0 radical (unpaired) electrons. The highest BCUT2D eigenvalue weighted by Gasteiger charge is 2.22. The minimum absolute atomic E-state index is 0.151. The number of rotatable bonds is 75. The molecule has 92 heavy (non-hydrogen) atoms. The minimum atomic E-state index is -1.62. The van der Waals surface area contributed by atoms with E-state index < -0.39 is 24.3 Å². The number of esters is 2. The van der Waals surface area contributed by atoms with Gasteiger partial charge in [0, 0.05) is 12.8 Å². The van der Waals surface area contributed by atoms with Crippen molar-refractivity contribution in [3.8, 4) is 0 Å². The molecule has 0 aliphatic carbocycles. The molecule has 0 aromatic rings. The van der Waals surface area contributed by atoms with Crippen LogP contribution in [0, 0.1) is 0 Å². The van der Waals surface area contributed by atoms with Crippen LogP contribution in [0.3, 0.4) is 0 Å². The summed E-state index contributed by atoms with van der Waals surface area (Å²) in [5.74, 6) is -2.25. The van der Waals surface area contributed by atoms with Crippen LogP contribution >= 0.6 is 0 Å². The Morgan fingerprint density at radius 3 is 0.924 bits per heavy atom. The van der Waals surface area contributed by atoms with Crippen molar-refractivity contribution in [1.29, 1.82) is 0 Å². The van der Waals surface area contributed by atoms with Gasteiger partial charge in [0.1, 0.15) is 13.2 Å². The lowest BCUT2D eigenvalue weighted by molar-refractivity contribution is -0.870. The molecule has 0 fully saturated rings. The van der Waals surface area contributed by atoms with Crippen molar-refractivity contribution in [2.45, 2.75) is 405 Å². The zero-order chi connectivity index (χ0) is 66.8. The fourth-order valence-corrected chi connectivity index (χ4v) is 12.0. The van der Waals surface area contributed by atoms with Crippen LogP contribution in [0.25, 0.3) is 0 Å². The summed E-state index contributed by atoms with van der Waals surface area (Å²) in [5, 5.41) is 11.9. The van der Waals surface area contributed by atoms with E-state index in [0.717, 1.165) is 70.6 Å². The van der Waals surface area contributed by atoms with Crippen LogP contribution in [-0.2, 0) is 33.3 Å². The lowest BCUT2D eigenvalue weighted by atomic mass is 10.0. The molecule has 0 saturated heterocycles. The van der Waals surface area contributed by atoms with Crippen LogP contribution in [0.2, 0.25) is 0 Å². The molecule has 2 atom stereocenters. The number of nitrogens with zero attached hydrogens (tertiary/aromatic N) is 1. The number of hydrogen-bond donors (Lipinski definition) is 0. The molecule has 0 rings (SSSR count). The van der Waals surface area contributed by atoms with Gasteiger partial charge in [-0.3, -0.25) is 9.59 Å². The van der Waals surface area contributed by atoms with E-state index in [2.05, 4.69) is 74.6 Å². The fourth-order valence-electron chi connectivity index (χ4n) is 12.0. The van der Waals surface area contributed by atoms with Gasteiger partial charge in [-0.25, -0.2) is 0 Å². The highest BCUT2D eigenvalue weighted by molar-refractivity contribution is 5.70. The number of carbonyl (C=O) groups excluding carboxylic acids is 3. The minimum Gasteiger partial charge on any atom is -0.545 e. The zero-order valence-corrected chi connectivity index (χ0v) is 61.7. The van der Waals surface area contributed by atoms with E-state index in [1.54, 1.807) is 0 Å². The first kappa shape index (κ1) is 89.0. The number of carboxylic acid groups (broad SMARTS) is 1. The van der Waals surface area contributed by atoms with E-state index in [9.17, 15) is 19.5 Å². The molecule has 9 heteroatoms. The molecule has 0 aromatic carbocycles. The Labute approximate surface area is 571 Å². The van der Waals surface area contributed by atoms with Gasteiger partial charge in [0.15, 0.2) is 12.4 Å². The average molecular weight is 1290 g/mol. The number of likely N-dealkylation sites (N-methyl/N-ethyl adjacent to an activating group) is 1. The first-order valence-corrected chi connectivity index (χ1v) is 39.9. The highest BCUT2D eigenvalue weighted by Crippen LogP contribution is 2.20. The van der Waals surface area contributed by atoms with Crippen LogP contribution in [0.15, 0.2) is 60.8 Å². The molecule has 9 nitrogen and oxygen atoms in total. The molecule has 538 valence electrons. The van der Waals surface area contributed by atoms with Gasteiger partial charge in [-0.1, -0.05) is 383 Å². The van der Waals surface area contributed by atoms with Gasteiger partial charge in [0.2, 0.25) is 0 Å². The van der Waals surface area contributed by atoms with Crippen LogP contribution < -0.4 is 5.11 Å². The maximum absolute atomic E-state index is 13.0. The summed E-state index contributed by atoms with van der Waals surface area (Å²) in [6.45, 7) is 4.71. The molecule has 0 heterocycles. The Morgan fingerprint density at radius 1 is 0.337 bits per heavy atom. The molecule has 0 saturated carbocycles. The van der Waals surface area contributed by atoms with Crippen LogP contribution in [-0.4, -0.2) is 82.3 Å². The van der Waals surface area contributed by atoms with Gasteiger partial charge in [-0.15, -0.1) is 0 Å². The van der Waals surface area contributed by atoms with Gasteiger partial charge >= 0.3 is 11.9 Å². The van der Waals surface area contributed by atoms with Crippen molar-refractivity contribution in [2.75, 3.05) is 47.5 Å². The Bertz CT molecular complexity index is 1700. The van der Waals surface area contributed by atoms with Crippen molar-refractivity contribution in [3.05, 3.63) is 60.8 Å². The second kappa shape index (κ2) is 73.8. The Hall–Kier alpha value is -3.01. The van der Waals surface area contributed by atoms with Crippen LogP contribution in [0.4, 0.5) is 0 Å².